The van der Waals surface area contributed by atoms with Gasteiger partial charge in [0.25, 0.3) is 0 Å². The molecule has 1 aromatic rings. The van der Waals surface area contributed by atoms with Crippen molar-refractivity contribution in [2.24, 2.45) is 11.8 Å². The highest BCUT2D eigenvalue weighted by Crippen LogP contribution is 2.39. The molecule has 1 aliphatic heterocycles. The van der Waals surface area contributed by atoms with Crippen molar-refractivity contribution in [3.05, 3.63) is 5.82 Å². The van der Waals surface area contributed by atoms with Gasteiger partial charge in [0, 0.05) is 23.0 Å². The highest BCUT2D eigenvalue weighted by Gasteiger charge is 2.44. The van der Waals surface area contributed by atoms with Gasteiger partial charge >= 0.3 is 6.03 Å². The maximum absolute atomic E-state index is 12.1. The molecule has 2 atom stereocenters. The summed E-state index contributed by atoms with van der Waals surface area (Å²) in [6.45, 7) is 6.05. The molecule has 7 nitrogen and oxygen atoms in total. The molecular formula is C14H22N4O3S2. The lowest BCUT2D eigenvalue weighted by atomic mass is 9.96. The first-order chi connectivity index (χ1) is 10.6. The van der Waals surface area contributed by atoms with Crippen molar-refractivity contribution in [2.45, 2.75) is 45.1 Å². The summed E-state index contributed by atoms with van der Waals surface area (Å²) >= 11 is 1.17. The van der Waals surface area contributed by atoms with E-state index in [1.807, 2.05) is 20.8 Å². The third kappa shape index (κ3) is 3.82. The van der Waals surface area contributed by atoms with Gasteiger partial charge in [-0.15, -0.1) is 0 Å². The first-order valence-corrected chi connectivity index (χ1v) is 10.3. The Morgan fingerprint density at radius 3 is 2.35 bits per heavy atom. The normalized spacial score (nSPS) is 29.3. The molecule has 1 aliphatic carbocycles. The Morgan fingerprint density at radius 2 is 1.83 bits per heavy atom. The minimum atomic E-state index is -2.86. The van der Waals surface area contributed by atoms with Gasteiger partial charge in [0.15, 0.2) is 9.84 Å². The van der Waals surface area contributed by atoms with Crippen molar-refractivity contribution in [1.29, 1.82) is 0 Å². The van der Waals surface area contributed by atoms with Crippen LogP contribution in [0.1, 0.15) is 39.4 Å². The van der Waals surface area contributed by atoms with E-state index in [1.54, 1.807) is 0 Å². The number of nitrogens with zero attached hydrogens (tertiary/aromatic N) is 2. The summed E-state index contributed by atoms with van der Waals surface area (Å²) in [5.41, 5.74) is -0.151. The molecule has 2 amide bonds. The van der Waals surface area contributed by atoms with Crippen LogP contribution in [0.25, 0.3) is 0 Å². The molecule has 0 aromatic carbocycles. The van der Waals surface area contributed by atoms with E-state index in [-0.39, 0.29) is 40.8 Å². The Kier molecular flexibility index (Phi) is 4.12. The van der Waals surface area contributed by atoms with Gasteiger partial charge in [-0.05, 0) is 24.7 Å². The predicted molar refractivity (Wildman–Crippen MR) is 89.4 cm³/mol. The van der Waals surface area contributed by atoms with Crippen LogP contribution in [0.3, 0.4) is 0 Å². The van der Waals surface area contributed by atoms with Crippen molar-refractivity contribution in [3.63, 3.8) is 0 Å². The summed E-state index contributed by atoms with van der Waals surface area (Å²) < 4.78 is 27.4. The molecule has 3 rings (SSSR count). The summed E-state index contributed by atoms with van der Waals surface area (Å²) in [6.07, 6.45) is 1.47. The first-order valence-electron chi connectivity index (χ1n) is 7.74. The van der Waals surface area contributed by atoms with Crippen LogP contribution in [-0.4, -0.2) is 41.4 Å². The van der Waals surface area contributed by atoms with Crippen molar-refractivity contribution >= 4 is 32.5 Å². The van der Waals surface area contributed by atoms with Crippen LogP contribution in [0, 0.1) is 11.8 Å². The number of rotatable bonds is 2. The minimum absolute atomic E-state index is 0.0375. The zero-order chi connectivity index (χ0) is 16.8. The lowest BCUT2D eigenvalue weighted by Crippen LogP contribution is -2.37. The molecule has 0 spiro atoms. The maximum Gasteiger partial charge on any atom is 0.321 e. The third-order valence-electron chi connectivity index (χ3n) is 4.43. The topological polar surface area (TPSA) is 101 Å². The zero-order valence-electron chi connectivity index (χ0n) is 13.5. The predicted octanol–water partition coefficient (Wildman–Crippen LogP) is 1.78. The number of fused-ring (bicyclic) bond motifs is 1. The second-order valence-corrected chi connectivity index (χ2v) is 10.4. The van der Waals surface area contributed by atoms with E-state index in [2.05, 4.69) is 20.0 Å². The number of amides is 2. The minimum Gasteiger partial charge on any atom is -0.335 e. The largest absolute Gasteiger partial charge is 0.335 e. The Balaban J connectivity index is 1.52. The number of nitrogens with one attached hydrogen (secondary N) is 2. The summed E-state index contributed by atoms with van der Waals surface area (Å²) in [6, 6.07) is -0.259. The number of aromatic nitrogens is 2. The van der Waals surface area contributed by atoms with Crippen molar-refractivity contribution in [2.75, 3.05) is 16.8 Å². The summed E-state index contributed by atoms with van der Waals surface area (Å²) in [7, 11) is -2.86. The Morgan fingerprint density at radius 1 is 1.22 bits per heavy atom. The molecule has 128 valence electrons. The number of carbonyl (C=O) groups is 1. The highest BCUT2D eigenvalue weighted by molar-refractivity contribution is 7.91. The molecule has 2 fully saturated rings. The number of carbonyl (C=O) groups excluding carboxylic acids is 1. The van der Waals surface area contributed by atoms with E-state index >= 15 is 0 Å². The Labute approximate surface area is 140 Å². The van der Waals surface area contributed by atoms with Gasteiger partial charge < -0.3 is 5.32 Å². The number of sulfone groups is 1. The number of urea groups is 1. The fourth-order valence-corrected chi connectivity index (χ4v) is 6.37. The molecule has 0 radical (unpaired) electrons. The van der Waals surface area contributed by atoms with E-state index in [9.17, 15) is 13.2 Å². The molecule has 1 aromatic heterocycles. The van der Waals surface area contributed by atoms with Crippen molar-refractivity contribution in [1.82, 2.24) is 14.7 Å². The van der Waals surface area contributed by atoms with Crippen LogP contribution >= 0.6 is 11.5 Å². The van der Waals surface area contributed by atoms with Gasteiger partial charge in [0.1, 0.15) is 5.82 Å². The molecule has 2 heterocycles. The number of hydrogen-bond acceptors (Lipinski definition) is 6. The quantitative estimate of drug-likeness (QED) is 0.839. The summed E-state index contributed by atoms with van der Waals surface area (Å²) in [5, 5.41) is 6.12. The first kappa shape index (κ1) is 16.6. The molecule has 23 heavy (non-hydrogen) atoms. The zero-order valence-corrected chi connectivity index (χ0v) is 15.1. The Hall–Kier alpha value is -1.22. The average molecular weight is 358 g/mol. The molecule has 2 N–H and O–H groups in total. The fraction of sp³-hybridized carbons (Fsp3) is 0.786. The lowest BCUT2D eigenvalue weighted by molar-refractivity contribution is 0.248. The smallest absolute Gasteiger partial charge is 0.321 e. The Bertz CT molecular complexity index is 688. The van der Waals surface area contributed by atoms with Gasteiger partial charge in [-0.2, -0.15) is 4.37 Å². The average Bonchev–Trinajstić information content (AvgIpc) is 3.01. The monoisotopic (exact) mass is 358 g/mol. The molecule has 9 heteroatoms. The SMILES string of the molecule is CC(C)(C)c1nsc(NC(=O)NC2CC3CS(=O)(=O)CC3C2)n1. The maximum atomic E-state index is 12.1. The van der Waals surface area contributed by atoms with Crippen LogP contribution in [0.2, 0.25) is 0 Å². The summed E-state index contributed by atoms with van der Waals surface area (Å²) in [4.78, 5) is 16.4. The van der Waals surface area contributed by atoms with E-state index in [0.29, 0.717) is 11.0 Å². The standard InChI is InChI=1S/C14H22N4O3S2/c1-14(2,3)11-16-13(22-18-11)17-12(19)15-10-4-8-6-23(20,21)7-9(8)5-10/h8-10H,4-7H2,1-3H3,(H2,15,16,17,18,19). The van der Waals surface area contributed by atoms with Crippen LogP contribution < -0.4 is 10.6 Å². The highest BCUT2D eigenvalue weighted by atomic mass is 32.2. The van der Waals surface area contributed by atoms with Gasteiger partial charge in [-0.25, -0.2) is 18.2 Å². The van der Waals surface area contributed by atoms with Crippen LogP contribution in [0.15, 0.2) is 0 Å². The lowest BCUT2D eigenvalue weighted by Gasteiger charge is -2.14. The van der Waals surface area contributed by atoms with Crippen LogP contribution in [-0.2, 0) is 15.3 Å². The molecule has 2 aliphatic rings. The number of anilines is 1. The van der Waals surface area contributed by atoms with E-state index in [4.69, 9.17) is 0 Å². The van der Waals surface area contributed by atoms with Gasteiger partial charge in [-0.1, -0.05) is 20.8 Å². The second kappa shape index (κ2) is 5.70. The van der Waals surface area contributed by atoms with E-state index in [1.165, 1.54) is 11.5 Å². The van der Waals surface area contributed by atoms with Crippen LogP contribution in [0.5, 0.6) is 0 Å². The summed E-state index contributed by atoms with van der Waals surface area (Å²) in [5.74, 6) is 1.63. The second-order valence-electron chi connectivity index (χ2n) is 7.54. The third-order valence-corrected chi connectivity index (χ3v) is 6.93. The van der Waals surface area contributed by atoms with Crippen molar-refractivity contribution < 1.29 is 13.2 Å². The molecule has 2 unspecified atom stereocenters. The molecular weight excluding hydrogens is 336 g/mol. The van der Waals surface area contributed by atoms with Crippen LogP contribution in [0.4, 0.5) is 9.93 Å². The van der Waals surface area contributed by atoms with Crippen molar-refractivity contribution in [3.8, 4) is 0 Å². The van der Waals surface area contributed by atoms with Gasteiger partial charge in [-0.3, -0.25) is 5.32 Å². The van der Waals surface area contributed by atoms with Gasteiger partial charge in [0.05, 0.1) is 11.5 Å². The van der Waals surface area contributed by atoms with E-state index in [0.717, 1.165) is 12.8 Å². The molecule has 1 saturated carbocycles. The molecule has 1 saturated heterocycles. The fourth-order valence-electron chi connectivity index (χ4n) is 3.36. The van der Waals surface area contributed by atoms with E-state index < -0.39 is 9.84 Å². The molecule has 0 bridgehead atoms. The van der Waals surface area contributed by atoms with Gasteiger partial charge in [0.2, 0.25) is 5.13 Å². The number of hydrogen-bond donors (Lipinski definition) is 2.